The maximum atomic E-state index is 13.1. The van der Waals surface area contributed by atoms with Gasteiger partial charge in [-0.05, 0) is 43.4 Å². The van der Waals surface area contributed by atoms with Crippen LogP contribution >= 0.6 is 15.6 Å². The Bertz CT molecular complexity index is 1960. The van der Waals surface area contributed by atoms with Gasteiger partial charge in [0, 0.05) is 25.7 Å². The molecule has 0 aromatic rings. The van der Waals surface area contributed by atoms with E-state index in [4.69, 9.17) is 37.0 Å². The number of aliphatic hydroxyl groups excluding tert-OH is 1. The number of phosphoric ester groups is 2. The first-order chi connectivity index (χ1) is 48.8. The molecule has 0 rings (SSSR count). The molecule has 0 amide bonds. The summed E-state index contributed by atoms with van der Waals surface area (Å²) in [7, 11) is -9.92. The number of phosphoric acid groups is 2. The van der Waals surface area contributed by atoms with E-state index in [1.165, 1.54) is 231 Å². The zero-order valence-electron chi connectivity index (χ0n) is 66.4. The highest BCUT2D eigenvalue weighted by Gasteiger charge is 2.30. The Hall–Kier alpha value is -1.94. The fraction of sp³-hybridized carbons (Fsp3) is 0.951. The highest BCUT2D eigenvalue weighted by molar-refractivity contribution is 7.47. The summed E-state index contributed by atoms with van der Waals surface area (Å²) in [6, 6.07) is 0. The molecule has 0 heterocycles. The summed E-state index contributed by atoms with van der Waals surface area (Å²) in [6.07, 6.45) is 61.2. The summed E-state index contributed by atoms with van der Waals surface area (Å²) in [5.74, 6) is 0.177. The van der Waals surface area contributed by atoms with Gasteiger partial charge < -0.3 is 33.8 Å². The lowest BCUT2D eigenvalue weighted by atomic mass is 10.00. The molecule has 600 valence electrons. The Morgan fingerprint density at radius 3 is 0.752 bits per heavy atom. The predicted molar refractivity (Wildman–Crippen MR) is 414 cm³/mol. The SMILES string of the molecule is CCCCCCCCCCCCCCCCCCCCCCC(=O)O[C@H](COC(=O)CCCCCCCCCCCCCCCCCC(C)C)COP(=O)(O)OC[C@@H](O)COP(=O)(O)OC[C@@H](COC(=O)CCCCCCCCC(C)CC)OC(=O)CCCCCCCCCCCCC(C)C. The van der Waals surface area contributed by atoms with Crippen LogP contribution in [0, 0.1) is 17.8 Å². The molecular weight excluding hydrogens is 1320 g/mol. The summed E-state index contributed by atoms with van der Waals surface area (Å²) in [4.78, 5) is 73.0. The van der Waals surface area contributed by atoms with Gasteiger partial charge in [-0.2, -0.15) is 0 Å². The number of unbranched alkanes of at least 4 members (excludes halogenated alkanes) is 47. The van der Waals surface area contributed by atoms with Crippen molar-refractivity contribution in [2.24, 2.45) is 17.8 Å². The van der Waals surface area contributed by atoms with Crippen molar-refractivity contribution in [2.75, 3.05) is 39.6 Å². The summed E-state index contributed by atoms with van der Waals surface area (Å²) < 4.78 is 68.7. The Balaban J connectivity index is 5.23. The minimum Gasteiger partial charge on any atom is -0.462 e. The molecule has 0 bridgehead atoms. The number of rotatable bonds is 80. The van der Waals surface area contributed by atoms with Crippen molar-refractivity contribution in [3.8, 4) is 0 Å². The quantitative estimate of drug-likeness (QED) is 0.0222. The molecule has 0 spiro atoms. The molecule has 17 nitrogen and oxygen atoms in total. The van der Waals surface area contributed by atoms with Crippen LogP contribution in [0.3, 0.4) is 0 Å². The van der Waals surface area contributed by atoms with Crippen LogP contribution < -0.4 is 0 Å². The predicted octanol–water partition coefficient (Wildman–Crippen LogP) is 24.5. The van der Waals surface area contributed by atoms with Crippen LogP contribution in [0.4, 0.5) is 0 Å². The minimum atomic E-state index is -4.96. The number of esters is 4. The molecule has 0 fully saturated rings. The van der Waals surface area contributed by atoms with Gasteiger partial charge in [0.1, 0.15) is 19.3 Å². The van der Waals surface area contributed by atoms with Gasteiger partial charge in [-0.15, -0.1) is 0 Å². The molecule has 3 N–H and O–H groups in total. The van der Waals surface area contributed by atoms with Crippen molar-refractivity contribution >= 4 is 39.5 Å². The summed E-state index contributed by atoms with van der Waals surface area (Å²) in [5.41, 5.74) is 0. The van der Waals surface area contributed by atoms with Gasteiger partial charge in [0.25, 0.3) is 0 Å². The second-order valence-corrected chi connectivity index (χ2v) is 33.6. The Labute approximate surface area is 619 Å². The molecule has 0 aliphatic rings. The first-order valence-corrected chi connectivity index (χ1v) is 45.4. The van der Waals surface area contributed by atoms with Crippen molar-refractivity contribution in [1.29, 1.82) is 0 Å². The van der Waals surface area contributed by atoms with Crippen molar-refractivity contribution in [1.82, 2.24) is 0 Å². The smallest absolute Gasteiger partial charge is 0.462 e. The molecule has 0 aliphatic heterocycles. The molecule has 0 saturated carbocycles. The van der Waals surface area contributed by atoms with Crippen molar-refractivity contribution in [2.45, 2.75) is 446 Å². The number of hydrogen-bond acceptors (Lipinski definition) is 15. The van der Waals surface area contributed by atoms with Crippen LogP contribution in [-0.2, 0) is 65.4 Å². The van der Waals surface area contributed by atoms with Gasteiger partial charge in [-0.3, -0.25) is 37.3 Å². The van der Waals surface area contributed by atoms with E-state index in [0.29, 0.717) is 25.7 Å². The fourth-order valence-electron chi connectivity index (χ4n) is 12.6. The van der Waals surface area contributed by atoms with E-state index < -0.39 is 97.5 Å². The monoisotopic (exact) mass is 1480 g/mol. The summed E-state index contributed by atoms with van der Waals surface area (Å²) >= 11 is 0. The number of aliphatic hydroxyl groups is 1. The van der Waals surface area contributed by atoms with Crippen LogP contribution in [0.25, 0.3) is 0 Å². The molecule has 101 heavy (non-hydrogen) atoms. The van der Waals surface area contributed by atoms with E-state index in [0.717, 1.165) is 114 Å². The van der Waals surface area contributed by atoms with E-state index in [-0.39, 0.29) is 25.7 Å². The lowest BCUT2D eigenvalue weighted by molar-refractivity contribution is -0.161. The molecular formula is C82H160O17P2. The van der Waals surface area contributed by atoms with Crippen LogP contribution in [0.1, 0.15) is 427 Å². The van der Waals surface area contributed by atoms with Crippen molar-refractivity contribution in [3.05, 3.63) is 0 Å². The number of ether oxygens (including phenoxy) is 4. The number of carbonyl (C=O) groups excluding carboxylic acids is 4. The molecule has 0 radical (unpaired) electrons. The van der Waals surface area contributed by atoms with E-state index in [2.05, 4.69) is 48.5 Å². The topological polar surface area (TPSA) is 237 Å². The van der Waals surface area contributed by atoms with Crippen LogP contribution in [0.5, 0.6) is 0 Å². The minimum absolute atomic E-state index is 0.105. The zero-order valence-corrected chi connectivity index (χ0v) is 68.2. The average Bonchev–Trinajstić information content (AvgIpc) is 0.920. The third kappa shape index (κ3) is 74.7. The first-order valence-electron chi connectivity index (χ1n) is 42.4. The molecule has 0 aliphatic carbocycles. The van der Waals surface area contributed by atoms with Crippen LogP contribution in [0.15, 0.2) is 0 Å². The highest BCUT2D eigenvalue weighted by Crippen LogP contribution is 2.45. The van der Waals surface area contributed by atoms with Gasteiger partial charge in [-0.25, -0.2) is 9.13 Å². The molecule has 0 aromatic heterocycles. The standard InChI is InChI=1S/C82H160O17P2/c1-8-10-11-12-13-14-15-16-17-18-19-20-21-24-28-31-37-42-51-58-65-81(86)98-77(69-92-79(84)63-56-49-41-36-30-27-25-22-23-26-29-34-39-46-53-60-73(3)4)71-96-100(88,89)94-67-76(83)68-95-101(90,91)97-72-78(70-93-80(85)64-57-50-45-44-48-55-62-75(7)9-2)99-82(87)66-59-52-43-38-33-32-35-40-47-54-61-74(5)6/h73-78,83H,8-72H2,1-7H3,(H,88,89)(H,90,91)/t75?,76-,77-,78-/m1/s1. The maximum absolute atomic E-state index is 13.1. The van der Waals surface area contributed by atoms with Gasteiger partial charge in [0.2, 0.25) is 0 Å². The third-order valence-electron chi connectivity index (χ3n) is 19.5. The summed E-state index contributed by atoms with van der Waals surface area (Å²) in [5, 5.41) is 10.6. The lowest BCUT2D eigenvalue weighted by Crippen LogP contribution is -2.30. The third-order valence-corrected chi connectivity index (χ3v) is 21.4. The fourth-order valence-corrected chi connectivity index (χ4v) is 14.2. The van der Waals surface area contributed by atoms with Crippen molar-refractivity contribution < 1.29 is 80.2 Å². The first kappa shape index (κ1) is 99.1. The van der Waals surface area contributed by atoms with Crippen LogP contribution in [0.2, 0.25) is 0 Å². The molecule has 19 heteroatoms. The maximum Gasteiger partial charge on any atom is 0.472 e. The van der Waals surface area contributed by atoms with E-state index >= 15 is 0 Å². The van der Waals surface area contributed by atoms with Gasteiger partial charge in [0.15, 0.2) is 12.2 Å². The number of carbonyl (C=O) groups is 4. The second-order valence-electron chi connectivity index (χ2n) is 30.7. The van der Waals surface area contributed by atoms with Crippen LogP contribution in [-0.4, -0.2) is 96.7 Å². The van der Waals surface area contributed by atoms with E-state index in [1.807, 2.05) is 0 Å². The van der Waals surface area contributed by atoms with Gasteiger partial charge in [-0.1, -0.05) is 376 Å². The largest absolute Gasteiger partial charge is 0.472 e. The second kappa shape index (κ2) is 72.3. The van der Waals surface area contributed by atoms with E-state index in [1.54, 1.807) is 0 Å². The Morgan fingerprint density at radius 1 is 0.287 bits per heavy atom. The molecule has 6 atom stereocenters. The average molecular weight is 1480 g/mol. The zero-order chi connectivity index (χ0) is 74.4. The Kier molecular flexibility index (Phi) is 70.9. The molecule has 0 aromatic carbocycles. The summed E-state index contributed by atoms with van der Waals surface area (Å²) in [6.45, 7) is 11.9. The van der Waals surface area contributed by atoms with E-state index in [9.17, 15) is 43.2 Å². The highest BCUT2D eigenvalue weighted by atomic mass is 31.2. The number of hydrogen-bond donors (Lipinski definition) is 3. The molecule has 0 saturated heterocycles. The Morgan fingerprint density at radius 2 is 0.505 bits per heavy atom. The normalized spacial score (nSPS) is 14.2. The van der Waals surface area contributed by atoms with Gasteiger partial charge >= 0.3 is 39.5 Å². The molecule has 3 unspecified atom stereocenters. The van der Waals surface area contributed by atoms with Crippen molar-refractivity contribution in [3.63, 3.8) is 0 Å². The van der Waals surface area contributed by atoms with Gasteiger partial charge in [0.05, 0.1) is 26.4 Å². The lowest BCUT2D eigenvalue weighted by Gasteiger charge is -2.21.